The van der Waals surface area contributed by atoms with Gasteiger partial charge in [-0.2, -0.15) is 4.99 Å². The smallest absolute Gasteiger partial charge is 0.221 e. The fraction of sp³-hybridized carbons (Fsp3) is 0.154. The summed E-state index contributed by atoms with van der Waals surface area (Å²) in [6.07, 6.45) is 2.87. The third kappa shape index (κ3) is 2.90. The number of isothiocyanates is 1. The minimum atomic E-state index is -0.222. The first-order valence-corrected chi connectivity index (χ1v) is 6.03. The molecule has 0 fully saturated rings. The standard InChI is InChI=1S/C13H11N3O3S/c1-8(17)16-11-4-12(18-2)9(3-10(11)15-7-20)13-5-14-6-19-13/h3-6H,1-2H3,(H,16,17). The van der Waals surface area contributed by atoms with Gasteiger partial charge in [-0.15, -0.1) is 0 Å². The Morgan fingerprint density at radius 3 is 2.90 bits per heavy atom. The molecule has 0 aliphatic carbocycles. The van der Waals surface area contributed by atoms with Crippen LogP contribution in [0.15, 0.2) is 34.1 Å². The fourth-order valence-electron chi connectivity index (χ4n) is 1.71. The lowest BCUT2D eigenvalue weighted by molar-refractivity contribution is -0.114. The van der Waals surface area contributed by atoms with Gasteiger partial charge in [-0.3, -0.25) is 4.79 Å². The van der Waals surface area contributed by atoms with E-state index in [0.717, 1.165) is 0 Å². The van der Waals surface area contributed by atoms with E-state index in [1.54, 1.807) is 18.3 Å². The van der Waals surface area contributed by atoms with Crippen LogP contribution in [0.1, 0.15) is 6.92 Å². The fourth-order valence-corrected chi connectivity index (χ4v) is 1.81. The number of carbonyl (C=O) groups is 1. The van der Waals surface area contributed by atoms with Gasteiger partial charge in [-0.25, -0.2) is 4.98 Å². The molecule has 0 radical (unpaired) electrons. The second kappa shape index (κ2) is 6.10. The predicted molar refractivity (Wildman–Crippen MR) is 77.5 cm³/mol. The highest BCUT2D eigenvalue weighted by molar-refractivity contribution is 7.78. The van der Waals surface area contributed by atoms with E-state index in [1.807, 2.05) is 0 Å². The molecule has 0 saturated carbocycles. The van der Waals surface area contributed by atoms with Gasteiger partial charge in [-0.1, -0.05) is 0 Å². The third-order valence-corrected chi connectivity index (χ3v) is 2.58. The van der Waals surface area contributed by atoms with Gasteiger partial charge in [0, 0.05) is 13.0 Å². The molecule has 2 rings (SSSR count). The summed E-state index contributed by atoms with van der Waals surface area (Å²) in [5, 5.41) is 4.94. The van der Waals surface area contributed by atoms with E-state index in [4.69, 9.17) is 9.15 Å². The molecule has 1 aromatic heterocycles. The number of ether oxygens (including phenoxy) is 1. The van der Waals surface area contributed by atoms with Crippen LogP contribution >= 0.6 is 12.2 Å². The SMILES string of the molecule is COc1cc(NC(C)=O)c(N=C=S)cc1-c1cnco1. The van der Waals surface area contributed by atoms with E-state index in [0.29, 0.717) is 28.4 Å². The summed E-state index contributed by atoms with van der Waals surface area (Å²) in [7, 11) is 1.52. The van der Waals surface area contributed by atoms with E-state index in [9.17, 15) is 4.79 Å². The molecule has 0 aliphatic heterocycles. The number of oxazole rings is 1. The molecule has 7 heteroatoms. The van der Waals surface area contributed by atoms with Gasteiger partial charge in [0.05, 0.1) is 35.4 Å². The Morgan fingerprint density at radius 2 is 2.35 bits per heavy atom. The number of rotatable bonds is 4. The van der Waals surface area contributed by atoms with Crippen molar-refractivity contribution in [3.8, 4) is 17.1 Å². The van der Waals surface area contributed by atoms with E-state index in [-0.39, 0.29) is 5.91 Å². The molecule has 2 aromatic rings. The highest BCUT2D eigenvalue weighted by Gasteiger charge is 2.15. The number of aliphatic imine (C=N–C) groups is 1. The molecule has 0 spiro atoms. The summed E-state index contributed by atoms with van der Waals surface area (Å²) in [6, 6.07) is 3.33. The largest absolute Gasteiger partial charge is 0.496 e. The van der Waals surface area contributed by atoms with Crippen molar-refractivity contribution in [2.75, 3.05) is 12.4 Å². The first-order chi connectivity index (χ1) is 9.65. The van der Waals surface area contributed by atoms with Crippen LogP contribution in [0.2, 0.25) is 0 Å². The van der Waals surface area contributed by atoms with Crippen molar-refractivity contribution in [3.05, 3.63) is 24.7 Å². The van der Waals surface area contributed by atoms with Crippen LogP contribution in [0.25, 0.3) is 11.3 Å². The lowest BCUT2D eigenvalue weighted by atomic mass is 10.1. The number of benzene rings is 1. The van der Waals surface area contributed by atoms with Crippen molar-refractivity contribution in [2.45, 2.75) is 6.92 Å². The number of hydrogen-bond acceptors (Lipinski definition) is 6. The van der Waals surface area contributed by atoms with Gasteiger partial charge in [0.25, 0.3) is 0 Å². The number of amides is 1. The summed E-state index contributed by atoms with van der Waals surface area (Å²) < 4.78 is 10.5. The number of nitrogens with one attached hydrogen (secondary N) is 1. The van der Waals surface area contributed by atoms with Crippen LogP contribution in [0.4, 0.5) is 11.4 Å². The Kier molecular flexibility index (Phi) is 4.24. The molecule has 20 heavy (non-hydrogen) atoms. The zero-order valence-corrected chi connectivity index (χ0v) is 11.7. The zero-order valence-electron chi connectivity index (χ0n) is 10.8. The Balaban J connectivity index is 2.62. The molecule has 6 nitrogen and oxygen atoms in total. The number of nitrogens with zero attached hydrogens (tertiary/aromatic N) is 2. The normalized spacial score (nSPS) is 9.70. The van der Waals surface area contributed by atoms with Crippen molar-refractivity contribution >= 4 is 34.7 Å². The van der Waals surface area contributed by atoms with Crippen LogP contribution in [0.5, 0.6) is 5.75 Å². The summed E-state index contributed by atoms with van der Waals surface area (Å²) in [5.41, 5.74) is 1.60. The van der Waals surface area contributed by atoms with Crippen LogP contribution in [-0.4, -0.2) is 23.2 Å². The maximum Gasteiger partial charge on any atom is 0.221 e. The van der Waals surface area contributed by atoms with Crippen molar-refractivity contribution < 1.29 is 13.9 Å². The van der Waals surface area contributed by atoms with Crippen LogP contribution in [0.3, 0.4) is 0 Å². The van der Waals surface area contributed by atoms with Crippen LogP contribution in [-0.2, 0) is 4.79 Å². The predicted octanol–water partition coefficient (Wildman–Crippen LogP) is 3.04. The number of thiocarbonyl (C=S) groups is 1. The van der Waals surface area contributed by atoms with Gasteiger partial charge in [-0.05, 0) is 18.3 Å². The summed E-state index contributed by atoms with van der Waals surface area (Å²) in [4.78, 5) is 19.0. The van der Waals surface area contributed by atoms with Crippen molar-refractivity contribution in [1.29, 1.82) is 0 Å². The molecule has 0 saturated heterocycles. The molecule has 1 N–H and O–H groups in total. The minimum Gasteiger partial charge on any atom is -0.496 e. The minimum absolute atomic E-state index is 0.222. The quantitative estimate of drug-likeness (QED) is 0.691. The topological polar surface area (TPSA) is 76.7 Å². The molecular weight excluding hydrogens is 278 g/mol. The van der Waals surface area contributed by atoms with E-state index < -0.39 is 0 Å². The highest BCUT2D eigenvalue weighted by Crippen LogP contribution is 2.38. The second-order valence-corrected chi connectivity index (χ2v) is 4.00. The first kappa shape index (κ1) is 13.9. The average Bonchev–Trinajstić information content (AvgIpc) is 2.93. The molecule has 1 aromatic carbocycles. The molecule has 0 bridgehead atoms. The van der Waals surface area contributed by atoms with E-state index in [2.05, 4.69) is 32.7 Å². The molecule has 102 valence electrons. The maximum atomic E-state index is 11.2. The summed E-state index contributed by atoms with van der Waals surface area (Å²) in [5.74, 6) is 0.825. The Bertz CT molecular complexity index is 676. The monoisotopic (exact) mass is 289 g/mol. The Morgan fingerprint density at radius 1 is 1.55 bits per heavy atom. The van der Waals surface area contributed by atoms with E-state index >= 15 is 0 Å². The molecule has 0 unspecified atom stereocenters. The first-order valence-electron chi connectivity index (χ1n) is 5.62. The lowest BCUT2D eigenvalue weighted by Gasteiger charge is -2.11. The molecule has 1 heterocycles. The molecular formula is C13H11N3O3S. The van der Waals surface area contributed by atoms with Crippen molar-refractivity contribution in [3.63, 3.8) is 0 Å². The average molecular weight is 289 g/mol. The van der Waals surface area contributed by atoms with Gasteiger partial charge in [0.15, 0.2) is 12.2 Å². The summed E-state index contributed by atoms with van der Waals surface area (Å²) in [6.45, 7) is 1.40. The van der Waals surface area contributed by atoms with Crippen molar-refractivity contribution in [1.82, 2.24) is 4.98 Å². The van der Waals surface area contributed by atoms with Gasteiger partial charge in [0.2, 0.25) is 5.91 Å². The number of aromatic nitrogens is 1. The summed E-state index contributed by atoms with van der Waals surface area (Å²) >= 11 is 4.62. The Labute approximate surface area is 120 Å². The highest BCUT2D eigenvalue weighted by atomic mass is 32.1. The molecule has 0 aliphatic rings. The number of hydrogen-bond donors (Lipinski definition) is 1. The van der Waals surface area contributed by atoms with Crippen molar-refractivity contribution in [2.24, 2.45) is 4.99 Å². The van der Waals surface area contributed by atoms with Gasteiger partial charge in [0.1, 0.15) is 5.75 Å². The van der Waals surface area contributed by atoms with Crippen LogP contribution in [0, 0.1) is 0 Å². The Hall–Kier alpha value is -2.50. The molecule has 1 amide bonds. The van der Waals surface area contributed by atoms with Crippen LogP contribution < -0.4 is 10.1 Å². The maximum absolute atomic E-state index is 11.2. The zero-order chi connectivity index (χ0) is 14.5. The van der Waals surface area contributed by atoms with Gasteiger partial charge >= 0.3 is 0 Å². The van der Waals surface area contributed by atoms with Gasteiger partial charge < -0.3 is 14.5 Å². The third-order valence-electron chi connectivity index (χ3n) is 2.49. The number of methoxy groups -OCH3 is 1. The molecule has 0 atom stereocenters. The number of carbonyl (C=O) groups excluding carboxylic acids is 1. The lowest BCUT2D eigenvalue weighted by Crippen LogP contribution is -2.06. The van der Waals surface area contributed by atoms with E-state index in [1.165, 1.54) is 20.4 Å². The second-order valence-electron chi connectivity index (χ2n) is 3.82. The number of anilines is 1.